The van der Waals surface area contributed by atoms with Gasteiger partial charge in [-0.1, -0.05) is 123 Å². The Kier molecular flexibility index (Phi) is 20.2. The van der Waals surface area contributed by atoms with E-state index < -0.39 is 23.8 Å². The van der Waals surface area contributed by atoms with Crippen LogP contribution in [-0.4, -0.2) is 47.0 Å². The van der Waals surface area contributed by atoms with E-state index in [-0.39, 0.29) is 18.4 Å². The van der Waals surface area contributed by atoms with E-state index >= 15 is 0 Å². The number of amides is 1. The summed E-state index contributed by atoms with van der Waals surface area (Å²) < 4.78 is 5.41. The van der Waals surface area contributed by atoms with Crippen molar-refractivity contribution in [3.8, 4) is 0 Å². The van der Waals surface area contributed by atoms with Crippen LogP contribution >= 0.6 is 0 Å². The van der Waals surface area contributed by atoms with Crippen molar-refractivity contribution in [3.05, 3.63) is 0 Å². The predicted octanol–water partition coefficient (Wildman–Crippen LogP) is 8.31. The number of nitrogens with zero attached hydrogens (tertiary/aromatic N) is 1. The van der Waals surface area contributed by atoms with Crippen LogP contribution in [0.25, 0.3) is 0 Å². The van der Waals surface area contributed by atoms with Gasteiger partial charge in [0, 0.05) is 19.0 Å². The second-order valence-corrected chi connectivity index (χ2v) is 11.7. The lowest BCUT2D eigenvalue weighted by atomic mass is 9.88. The Morgan fingerprint density at radius 2 is 1.24 bits per heavy atom. The van der Waals surface area contributed by atoms with Gasteiger partial charge in [-0.15, -0.1) is 0 Å². The van der Waals surface area contributed by atoms with Crippen LogP contribution in [0.2, 0.25) is 0 Å². The van der Waals surface area contributed by atoms with Crippen LogP contribution in [0.3, 0.4) is 0 Å². The number of likely N-dealkylation sites (tertiary alicyclic amines) is 1. The summed E-state index contributed by atoms with van der Waals surface area (Å²) in [5.41, 5.74) is 0. The highest BCUT2D eigenvalue weighted by Crippen LogP contribution is 2.25. The van der Waals surface area contributed by atoms with E-state index in [0.29, 0.717) is 19.6 Å². The van der Waals surface area contributed by atoms with E-state index in [1.54, 1.807) is 11.8 Å². The zero-order chi connectivity index (χ0) is 28.0. The number of aliphatic carboxylic acids is 1. The molecule has 6 heteroatoms. The molecule has 1 N–H and O–H groups in total. The number of rotatable bonds is 25. The summed E-state index contributed by atoms with van der Waals surface area (Å²) in [6.07, 6.45) is 25.2. The molecule has 1 aliphatic heterocycles. The Hall–Kier alpha value is -1.59. The maximum absolute atomic E-state index is 12.5. The molecule has 222 valence electrons. The molecule has 3 atom stereocenters. The minimum atomic E-state index is -0.999. The van der Waals surface area contributed by atoms with Crippen molar-refractivity contribution in [2.45, 2.75) is 162 Å². The maximum atomic E-state index is 12.5. The molecule has 0 radical (unpaired) electrons. The lowest BCUT2D eigenvalue weighted by Crippen LogP contribution is -2.39. The molecule has 0 saturated carbocycles. The second kappa shape index (κ2) is 22.2. The largest absolute Gasteiger partial charge is 0.481 e. The van der Waals surface area contributed by atoms with Crippen LogP contribution in [0.15, 0.2) is 0 Å². The van der Waals surface area contributed by atoms with E-state index in [2.05, 4.69) is 6.92 Å². The molecule has 38 heavy (non-hydrogen) atoms. The predicted molar refractivity (Wildman–Crippen MR) is 155 cm³/mol. The lowest BCUT2D eigenvalue weighted by Gasteiger charge is -2.28. The topological polar surface area (TPSA) is 83.9 Å². The van der Waals surface area contributed by atoms with Crippen LogP contribution in [0.1, 0.15) is 156 Å². The molecule has 0 aromatic rings. The molecule has 0 aromatic heterocycles. The summed E-state index contributed by atoms with van der Waals surface area (Å²) >= 11 is 0. The Balaban J connectivity index is 1.98. The fourth-order valence-electron chi connectivity index (χ4n) is 5.62. The summed E-state index contributed by atoms with van der Waals surface area (Å²) in [5.74, 6) is -2.93. The van der Waals surface area contributed by atoms with Crippen LogP contribution in [0, 0.1) is 11.8 Å². The van der Waals surface area contributed by atoms with Crippen molar-refractivity contribution in [1.29, 1.82) is 0 Å². The zero-order valence-corrected chi connectivity index (χ0v) is 25.0. The molecule has 0 aromatic carbocycles. The number of unbranched alkanes of at least 4 members (excludes halogenated alkanes) is 17. The SMILES string of the molecule is CCCCCCCCCCCCCCCCCCCCOC(=O)C(C)C(CC(C)N1CCCC1=O)C(=O)O. The van der Waals surface area contributed by atoms with Crippen molar-refractivity contribution in [2.24, 2.45) is 11.8 Å². The third kappa shape index (κ3) is 15.7. The van der Waals surface area contributed by atoms with E-state index in [4.69, 9.17) is 4.74 Å². The maximum Gasteiger partial charge on any atom is 0.309 e. The van der Waals surface area contributed by atoms with Gasteiger partial charge in [-0.25, -0.2) is 0 Å². The molecule has 1 heterocycles. The van der Waals surface area contributed by atoms with Gasteiger partial charge in [-0.05, 0) is 26.2 Å². The molecule has 0 aliphatic carbocycles. The van der Waals surface area contributed by atoms with Gasteiger partial charge in [0.1, 0.15) is 0 Å². The fraction of sp³-hybridized carbons (Fsp3) is 0.906. The summed E-state index contributed by atoms with van der Waals surface area (Å²) in [6, 6.07) is -0.184. The lowest BCUT2D eigenvalue weighted by molar-refractivity contribution is -0.158. The van der Waals surface area contributed by atoms with Crippen LogP contribution < -0.4 is 0 Å². The average molecular weight is 538 g/mol. The van der Waals surface area contributed by atoms with Crippen molar-refractivity contribution in [2.75, 3.05) is 13.2 Å². The normalized spacial score (nSPS) is 16.0. The first-order valence-corrected chi connectivity index (χ1v) is 16.1. The third-order valence-corrected chi connectivity index (χ3v) is 8.27. The number of hydrogen-bond donors (Lipinski definition) is 1. The Morgan fingerprint density at radius 1 is 0.789 bits per heavy atom. The van der Waals surface area contributed by atoms with Gasteiger partial charge in [0.25, 0.3) is 0 Å². The minimum Gasteiger partial charge on any atom is -0.481 e. The molecule has 1 rings (SSSR count). The number of carboxylic acids is 1. The highest BCUT2D eigenvalue weighted by atomic mass is 16.5. The molecular formula is C32H59NO5. The number of ether oxygens (including phenoxy) is 1. The van der Waals surface area contributed by atoms with Gasteiger partial charge in [0.05, 0.1) is 18.4 Å². The fourth-order valence-corrected chi connectivity index (χ4v) is 5.62. The van der Waals surface area contributed by atoms with Crippen LogP contribution in [-0.2, 0) is 19.1 Å². The van der Waals surface area contributed by atoms with Gasteiger partial charge in [-0.3, -0.25) is 14.4 Å². The quantitative estimate of drug-likeness (QED) is 0.0935. The van der Waals surface area contributed by atoms with E-state index in [9.17, 15) is 19.5 Å². The Morgan fingerprint density at radius 3 is 1.63 bits per heavy atom. The van der Waals surface area contributed by atoms with E-state index in [0.717, 1.165) is 25.7 Å². The van der Waals surface area contributed by atoms with Gasteiger partial charge in [0.15, 0.2) is 0 Å². The first-order valence-electron chi connectivity index (χ1n) is 16.1. The van der Waals surface area contributed by atoms with E-state index in [1.807, 2.05) is 6.92 Å². The average Bonchev–Trinajstić information content (AvgIpc) is 3.33. The molecular weight excluding hydrogens is 478 g/mol. The van der Waals surface area contributed by atoms with E-state index in [1.165, 1.54) is 96.3 Å². The molecule has 3 unspecified atom stereocenters. The standard InChI is InChI=1S/C32H59NO5/c1-4-5-6-7-8-9-10-11-12-13-14-15-16-17-18-19-20-21-25-38-32(37)28(3)29(31(35)36)26-27(2)33-24-22-23-30(33)34/h27-29H,4-26H2,1-3H3,(H,35,36). The van der Waals surface area contributed by atoms with Gasteiger partial charge in [-0.2, -0.15) is 0 Å². The molecule has 0 spiro atoms. The van der Waals surface area contributed by atoms with Crippen molar-refractivity contribution in [1.82, 2.24) is 4.90 Å². The molecule has 1 aliphatic rings. The Labute approximate surface area is 233 Å². The summed E-state index contributed by atoms with van der Waals surface area (Å²) in [4.78, 5) is 38.0. The van der Waals surface area contributed by atoms with Gasteiger partial charge < -0.3 is 14.7 Å². The molecule has 1 saturated heterocycles. The molecule has 6 nitrogen and oxygen atoms in total. The van der Waals surface area contributed by atoms with Crippen molar-refractivity contribution >= 4 is 17.8 Å². The number of hydrogen-bond acceptors (Lipinski definition) is 4. The third-order valence-electron chi connectivity index (χ3n) is 8.27. The zero-order valence-electron chi connectivity index (χ0n) is 25.0. The van der Waals surface area contributed by atoms with Crippen molar-refractivity contribution < 1.29 is 24.2 Å². The number of esters is 1. The highest BCUT2D eigenvalue weighted by molar-refractivity contribution is 5.81. The summed E-state index contributed by atoms with van der Waals surface area (Å²) in [7, 11) is 0. The summed E-state index contributed by atoms with van der Waals surface area (Å²) in [6.45, 7) is 6.80. The molecule has 1 fully saturated rings. The molecule has 1 amide bonds. The van der Waals surface area contributed by atoms with Crippen LogP contribution in [0.5, 0.6) is 0 Å². The number of carboxylic acid groups (broad SMARTS) is 1. The van der Waals surface area contributed by atoms with Gasteiger partial charge >= 0.3 is 11.9 Å². The number of carbonyl (C=O) groups excluding carboxylic acids is 2. The second-order valence-electron chi connectivity index (χ2n) is 11.7. The first kappa shape index (κ1) is 34.4. The smallest absolute Gasteiger partial charge is 0.309 e. The van der Waals surface area contributed by atoms with Crippen LogP contribution in [0.4, 0.5) is 0 Å². The molecule has 0 bridgehead atoms. The van der Waals surface area contributed by atoms with Crippen molar-refractivity contribution in [3.63, 3.8) is 0 Å². The summed E-state index contributed by atoms with van der Waals surface area (Å²) in [5, 5.41) is 9.67. The highest BCUT2D eigenvalue weighted by Gasteiger charge is 2.35. The Bertz CT molecular complexity index is 637. The first-order chi connectivity index (χ1) is 18.4. The number of carbonyl (C=O) groups is 3. The monoisotopic (exact) mass is 537 g/mol. The van der Waals surface area contributed by atoms with Gasteiger partial charge in [0.2, 0.25) is 5.91 Å². The minimum absolute atomic E-state index is 0.0750.